The van der Waals surface area contributed by atoms with Crippen LogP contribution in [0.3, 0.4) is 0 Å². The average Bonchev–Trinajstić information content (AvgIpc) is 2.82. The number of aromatic nitrogens is 1. The van der Waals surface area contributed by atoms with Crippen LogP contribution in [0.1, 0.15) is 11.3 Å². The summed E-state index contributed by atoms with van der Waals surface area (Å²) >= 11 is 0. The molecule has 1 aliphatic heterocycles. The Bertz CT molecular complexity index is 722. The minimum atomic E-state index is -0.865. The fourth-order valence-electron chi connectivity index (χ4n) is 2.59. The molecule has 2 aromatic rings. The zero-order valence-electron chi connectivity index (χ0n) is 11.2. The molecular formula is C14H15N3O4. The topological polar surface area (TPSA) is 117 Å². The normalized spacial score (nSPS) is 17.4. The first-order valence-corrected chi connectivity index (χ1v) is 6.55. The number of ether oxygens (including phenoxy) is 1. The minimum Gasteiger partial charge on any atom is -0.484 e. The van der Waals surface area contributed by atoms with Gasteiger partial charge >= 0.3 is 5.97 Å². The Labute approximate surface area is 120 Å². The van der Waals surface area contributed by atoms with Crippen molar-refractivity contribution in [1.29, 1.82) is 0 Å². The Balaban J connectivity index is 1.95. The molecule has 1 atom stereocenters. The van der Waals surface area contributed by atoms with Crippen LogP contribution in [0.5, 0.6) is 5.75 Å². The molecule has 0 spiro atoms. The molecular weight excluding hydrogens is 274 g/mol. The molecule has 21 heavy (non-hydrogen) atoms. The van der Waals surface area contributed by atoms with Crippen molar-refractivity contribution in [1.82, 2.24) is 10.3 Å². The van der Waals surface area contributed by atoms with Gasteiger partial charge in [0.25, 0.3) is 5.91 Å². The number of nitrogens with one attached hydrogen (secondary N) is 2. The number of fused-ring (bicyclic) bond motifs is 3. The highest BCUT2D eigenvalue weighted by atomic mass is 16.5. The third-order valence-corrected chi connectivity index (χ3v) is 3.58. The maximum Gasteiger partial charge on any atom is 0.321 e. The van der Waals surface area contributed by atoms with Gasteiger partial charge in [0.05, 0.1) is 0 Å². The SMILES string of the molecule is NC(=O)COc1ccc2[nH]c3c(c2c1)CC(C(=O)O)NC3. The Kier molecular flexibility index (Phi) is 3.26. The highest BCUT2D eigenvalue weighted by molar-refractivity contribution is 5.87. The summed E-state index contributed by atoms with van der Waals surface area (Å²) in [6.45, 7) is 0.301. The van der Waals surface area contributed by atoms with Crippen LogP contribution in [-0.4, -0.2) is 34.6 Å². The first kappa shape index (κ1) is 13.4. The van der Waals surface area contributed by atoms with E-state index in [2.05, 4.69) is 10.3 Å². The first-order chi connectivity index (χ1) is 10.0. The number of H-pyrrole nitrogens is 1. The van der Waals surface area contributed by atoms with Crippen molar-refractivity contribution in [2.45, 2.75) is 19.0 Å². The molecule has 5 N–H and O–H groups in total. The number of hydrogen-bond acceptors (Lipinski definition) is 4. The lowest BCUT2D eigenvalue weighted by atomic mass is 9.98. The van der Waals surface area contributed by atoms with Crippen LogP contribution in [0.4, 0.5) is 0 Å². The van der Waals surface area contributed by atoms with Gasteiger partial charge in [-0.1, -0.05) is 0 Å². The number of amides is 1. The summed E-state index contributed by atoms with van der Waals surface area (Å²) in [5, 5.41) is 13.0. The van der Waals surface area contributed by atoms with Crippen molar-refractivity contribution in [3.05, 3.63) is 29.5 Å². The van der Waals surface area contributed by atoms with Crippen molar-refractivity contribution in [3.63, 3.8) is 0 Å². The quantitative estimate of drug-likeness (QED) is 0.638. The largest absolute Gasteiger partial charge is 0.484 e. The van der Waals surface area contributed by atoms with E-state index in [0.29, 0.717) is 18.7 Å². The van der Waals surface area contributed by atoms with E-state index >= 15 is 0 Å². The summed E-state index contributed by atoms with van der Waals surface area (Å²) in [6, 6.07) is 4.80. The smallest absolute Gasteiger partial charge is 0.321 e. The maximum absolute atomic E-state index is 11.1. The molecule has 0 bridgehead atoms. The van der Waals surface area contributed by atoms with Crippen LogP contribution >= 0.6 is 0 Å². The molecule has 0 aliphatic carbocycles. The van der Waals surface area contributed by atoms with E-state index in [1.54, 1.807) is 12.1 Å². The Morgan fingerprint density at radius 2 is 2.24 bits per heavy atom. The van der Waals surface area contributed by atoms with Crippen LogP contribution in [-0.2, 0) is 22.6 Å². The second-order valence-corrected chi connectivity index (χ2v) is 5.02. The number of benzene rings is 1. The molecule has 1 amide bonds. The Hall–Kier alpha value is -2.54. The van der Waals surface area contributed by atoms with Crippen LogP contribution in [0, 0.1) is 0 Å². The van der Waals surface area contributed by atoms with Crippen LogP contribution < -0.4 is 15.8 Å². The number of carboxylic acids is 1. The summed E-state index contributed by atoms with van der Waals surface area (Å²) in [4.78, 5) is 25.1. The van der Waals surface area contributed by atoms with Gasteiger partial charge in [-0.15, -0.1) is 0 Å². The minimum absolute atomic E-state index is 0.183. The van der Waals surface area contributed by atoms with Crippen molar-refractivity contribution in [3.8, 4) is 5.75 Å². The molecule has 1 aromatic heterocycles. The average molecular weight is 289 g/mol. The molecule has 0 radical (unpaired) electrons. The lowest BCUT2D eigenvalue weighted by Crippen LogP contribution is -2.41. The number of aliphatic carboxylic acids is 1. The van der Waals surface area contributed by atoms with E-state index < -0.39 is 17.9 Å². The molecule has 0 saturated heterocycles. The molecule has 7 heteroatoms. The highest BCUT2D eigenvalue weighted by Crippen LogP contribution is 2.29. The van der Waals surface area contributed by atoms with E-state index in [9.17, 15) is 9.59 Å². The van der Waals surface area contributed by atoms with E-state index in [1.165, 1.54) is 0 Å². The fraction of sp³-hybridized carbons (Fsp3) is 0.286. The number of nitrogens with two attached hydrogens (primary N) is 1. The second-order valence-electron chi connectivity index (χ2n) is 5.02. The van der Waals surface area contributed by atoms with Gasteiger partial charge in [-0.25, -0.2) is 0 Å². The molecule has 110 valence electrons. The van der Waals surface area contributed by atoms with Gasteiger partial charge in [-0.2, -0.15) is 0 Å². The first-order valence-electron chi connectivity index (χ1n) is 6.55. The summed E-state index contributed by atoms with van der Waals surface area (Å²) in [6.07, 6.45) is 0.407. The molecule has 3 rings (SSSR count). The lowest BCUT2D eigenvalue weighted by molar-refractivity contribution is -0.139. The second kappa shape index (κ2) is 5.10. The molecule has 7 nitrogen and oxygen atoms in total. The Morgan fingerprint density at radius 1 is 1.43 bits per heavy atom. The van der Waals surface area contributed by atoms with Gasteiger partial charge in [0, 0.05) is 29.6 Å². The predicted molar refractivity (Wildman–Crippen MR) is 75.0 cm³/mol. The summed E-state index contributed by atoms with van der Waals surface area (Å²) in [5.74, 6) is -0.869. The molecule has 0 saturated carbocycles. The molecule has 1 unspecified atom stereocenters. The predicted octanol–water partition coefficient (Wildman–Crippen LogP) is 0.131. The standard InChI is InChI=1S/C14H15N3O4/c15-13(18)6-21-7-1-2-10-8(3-7)9-4-11(14(19)20)16-5-12(9)17-10/h1-3,11,16-17H,4-6H2,(H2,15,18)(H,19,20). The number of carbonyl (C=O) groups excluding carboxylic acids is 1. The third kappa shape index (κ3) is 2.55. The summed E-state index contributed by atoms with van der Waals surface area (Å²) in [7, 11) is 0. The van der Waals surface area contributed by atoms with Gasteiger partial charge < -0.3 is 20.6 Å². The zero-order valence-corrected chi connectivity index (χ0v) is 11.2. The lowest BCUT2D eigenvalue weighted by Gasteiger charge is -2.20. The zero-order chi connectivity index (χ0) is 15.0. The van der Waals surface area contributed by atoms with Crippen molar-refractivity contribution >= 4 is 22.8 Å². The van der Waals surface area contributed by atoms with Crippen molar-refractivity contribution in [2.24, 2.45) is 5.73 Å². The van der Waals surface area contributed by atoms with Gasteiger partial charge in [-0.05, 0) is 23.8 Å². The monoisotopic (exact) mass is 289 g/mol. The maximum atomic E-state index is 11.1. The van der Waals surface area contributed by atoms with E-state index in [0.717, 1.165) is 22.2 Å². The van der Waals surface area contributed by atoms with Crippen molar-refractivity contribution in [2.75, 3.05) is 6.61 Å². The number of rotatable bonds is 4. The van der Waals surface area contributed by atoms with Gasteiger partial charge in [0.1, 0.15) is 11.8 Å². The number of primary amides is 1. The molecule has 1 aliphatic rings. The summed E-state index contributed by atoms with van der Waals surface area (Å²) < 4.78 is 5.29. The molecule has 1 aromatic carbocycles. The van der Waals surface area contributed by atoms with Crippen LogP contribution in [0.2, 0.25) is 0 Å². The fourth-order valence-corrected chi connectivity index (χ4v) is 2.59. The highest BCUT2D eigenvalue weighted by Gasteiger charge is 2.26. The van der Waals surface area contributed by atoms with Crippen molar-refractivity contribution < 1.29 is 19.4 Å². The van der Waals surface area contributed by atoms with E-state index in [4.69, 9.17) is 15.6 Å². The molecule has 2 heterocycles. The number of carbonyl (C=O) groups is 2. The number of hydrogen-bond donors (Lipinski definition) is 4. The van der Waals surface area contributed by atoms with Crippen LogP contribution in [0.25, 0.3) is 10.9 Å². The van der Waals surface area contributed by atoms with Gasteiger partial charge in [0.15, 0.2) is 6.61 Å². The third-order valence-electron chi connectivity index (χ3n) is 3.58. The summed E-state index contributed by atoms with van der Waals surface area (Å²) in [5.41, 5.74) is 7.92. The van der Waals surface area contributed by atoms with Gasteiger partial charge in [0.2, 0.25) is 0 Å². The van der Waals surface area contributed by atoms with Gasteiger partial charge in [-0.3, -0.25) is 14.9 Å². The van der Waals surface area contributed by atoms with E-state index in [-0.39, 0.29) is 6.61 Å². The van der Waals surface area contributed by atoms with E-state index in [1.807, 2.05) is 6.07 Å². The van der Waals surface area contributed by atoms with Crippen LogP contribution in [0.15, 0.2) is 18.2 Å². The number of aromatic amines is 1. The molecule has 0 fully saturated rings. The number of carboxylic acid groups (broad SMARTS) is 1. The Morgan fingerprint density at radius 3 is 2.95 bits per heavy atom.